The monoisotopic (exact) mass is 304 g/mol. The Kier molecular flexibility index (Phi) is 3.89. The second-order valence-corrected chi connectivity index (χ2v) is 5.46. The first-order valence-electron chi connectivity index (χ1n) is 7.33. The van der Waals surface area contributed by atoms with E-state index in [2.05, 4.69) is 9.97 Å². The second kappa shape index (κ2) is 6.01. The summed E-state index contributed by atoms with van der Waals surface area (Å²) in [5.41, 5.74) is 3.69. The van der Waals surface area contributed by atoms with Crippen molar-refractivity contribution in [2.45, 2.75) is 13.8 Å². The Morgan fingerprint density at radius 2 is 1.87 bits per heavy atom. The Morgan fingerprint density at radius 3 is 2.61 bits per heavy atom. The molecule has 1 aromatic carbocycles. The molecule has 0 aliphatic carbocycles. The first-order chi connectivity index (χ1) is 11.1. The van der Waals surface area contributed by atoms with Crippen LogP contribution in [0.5, 0.6) is 0 Å². The van der Waals surface area contributed by atoms with Gasteiger partial charge in [0.25, 0.3) is 5.56 Å². The molecular formula is C19H16N2O2. The van der Waals surface area contributed by atoms with Crippen LogP contribution in [0.4, 0.5) is 0 Å². The molecule has 0 fully saturated rings. The van der Waals surface area contributed by atoms with Crippen molar-refractivity contribution in [1.82, 2.24) is 9.97 Å². The minimum atomic E-state index is -0.387. The van der Waals surface area contributed by atoms with Crippen molar-refractivity contribution in [3.63, 3.8) is 0 Å². The average Bonchev–Trinajstić information content (AvgIpc) is 2.54. The summed E-state index contributed by atoms with van der Waals surface area (Å²) in [5, 5.41) is 0. The van der Waals surface area contributed by atoms with Gasteiger partial charge in [-0.25, -0.2) is 0 Å². The lowest BCUT2D eigenvalue weighted by atomic mass is 10.0. The Balaban J connectivity index is 2.01. The van der Waals surface area contributed by atoms with Gasteiger partial charge in [-0.1, -0.05) is 35.9 Å². The SMILES string of the molecule is Cc1ccc(/C=C/C(=O)c2c(C)c3ncccc3[nH]c2=O)cc1. The Morgan fingerprint density at radius 1 is 1.13 bits per heavy atom. The fourth-order valence-corrected chi connectivity index (χ4v) is 2.51. The molecule has 3 aromatic rings. The number of hydrogen-bond donors (Lipinski definition) is 1. The van der Waals surface area contributed by atoms with Gasteiger partial charge >= 0.3 is 0 Å². The van der Waals surface area contributed by atoms with Crippen molar-refractivity contribution < 1.29 is 4.79 Å². The third-order valence-electron chi connectivity index (χ3n) is 3.76. The third-order valence-corrected chi connectivity index (χ3v) is 3.76. The molecule has 1 N–H and O–H groups in total. The standard InChI is InChI=1S/C19H16N2O2/c1-12-5-7-14(8-6-12)9-10-16(22)17-13(2)18-15(21-19(17)23)4-3-11-20-18/h3-11H,1-2H3,(H,21,23)/b10-9+. The van der Waals surface area contributed by atoms with Crippen molar-refractivity contribution in [3.05, 3.63) is 81.3 Å². The molecule has 114 valence electrons. The van der Waals surface area contributed by atoms with Gasteiger partial charge in [0.1, 0.15) is 0 Å². The van der Waals surface area contributed by atoms with Crippen LogP contribution in [0.3, 0.4) is 0 Å². The molecule has 0 saturated heterocycles. The molecule has 3 rings (SSSR count). The number of carbonyl (C=O) groups excluding carboxylic acids is 1. The number of aromatic amines is 1. The first-order valence-corrected chi connectivity index (χ1v) is 7.33. The van der Waals surface area contributed by atoms with Crippen molar-refractivity contribution >= 4 is 22.9 Å². The molecule has 0 unspecified atom stereocenters. The summed E-state index contributed by atoms with van der Waals surface area (Å²) in [4.78, 5) is 31.6. The molecule has 0 spiro atoms. The summed E-state index contributed by atoms with van der Waals surface area (Å²) in [6.07, 6.45) is 4.78. The lowest BCUT2D eigenvalue weighted by Gasteiger charge is -2.05. The number of allylic oxidation sites excluding steroid dienone is 1. The molecular weight excluding hydrogens is 288 g/mol. The van der Waals surface area contributed by atoms with Crippen molar-refractivity contribution in [3.8, 4) is 0 Å². The second-order valence-electron chi connectivity index (χ2n) is 5.46. The zero-order chi connectivity index (χ0) is 16.4. The fraction of sp³-hybridized carbons (Fsp3) is 0.105. The van der Waals surface area contributed by atoms with Crippen LogP contribution in [-0.4, -0.2) is 15.8 Å². The predicted octanol–water partition coefficient (Wildman–Crippen LogP) is 3.44. The van der Waals surface area contributed by atoms with E-state index < -0.39 is 0 Å². The number of pyridine rings is 2. The highest BCUT2D eigenvalue weighted by atomic mass is 16.1. The minimum absolute atomic E-state index is 0.138. The molecule has 23 heavy (non-hydrogen) atoms. The lowest BCUT2D eigenvalue weighted by molar-refractivity contribution is 0.104. The van der Waals surface area contributed by atoms with Crippen molar-refractivity contribution in [2.24, 2.45) is 0 Å². The van der Waals surface area contributed by atoms with Crippen LogP contribution in [0.25, 0.3) is 17.1 Å². The predicted molar refractivity (Wildman–Crippen MR) is 91.6 cm³/mol. The van der Waals surface area contributed by atoms with Gasteiger partial charge in [-0.3, -0.25) is 14.6 Å². The number of H-pyrrole nitrogens is 1. The molecule has 4 nitrogen and oxygen atoms in total. The molecule has 4 heteroatoms. The van der Waals surface area contributed by atoms with Gasteiger partial charge in [0, 0.05) is 6.20 Å². The smallest absolute Gasteiger partial charge is 0.260 e. The van der Waals surface area contributed by atoms with Crippen LogP contribution < -0.4 is 5.56 Å². The average molecular weight is 304 g/mol. The van der Waals surface area contributed by atoms with Gasteiger partial charge < -0.3 is 4.98 Å². The minimum Gasteiger partial charge on any atom is -0.320 e. The van der Waals surface area contributed by atoms with Gasteiger partial charge in [-0.15, -0.1) is 0 Å². The number of hydrogen-bond acceptors (Lipinski definition) is 3. The number of nitrogens with zero attached hydrogens (tertiary/aromatic N) is 1. The highest BCUT2D eigenvalue weighted by Crippen LogP contribution is 2.15. The molecule has 0 bridgehead atoms. The molecule has 2 aromatic heterocycles. The zero-order valence-corrected chi connectivity index (χ0v) is 13.0. The maximum Gasteiger partial charge on any atom is 0.260 e. The number of carbonyl (C=O) groups is 1. The van der Waals surface area contributed by atoms with Gasteiger partial charge in [0.05, 0.1) is 16.6 Å². The molecule has 0 amide bonds. The number of fused-ring (bicyclic) bond motifs is 1. The summed E-state index contributed by atoms with van der Waals surface area (Å²) < 4.78 is 0. The van der Waals surface area contributed by atoms with E-state index in [1.807, 2.05) is 31.2 Å². The largest absolute Gasteiger partial charge is 0.320 e. The lowest BCUT2D eigenvalue weighted by Crippen LogP contribution is -2.19. The maximum atomic E-state index is 12.4. The van der Waals surface area contributed by atoms with Crippen LogP contribution in [0, 0.1) is 13.8 Å². The topological polar surface area (TPSA) is 62.8 Å². The fourth-order valence-electron chi connectivity index (χ4n) is 2.51. The molecule has 0 aliphatic heterocycles. The van der Waals surface area contributed by atoms with Gasteiger partial charge in [0.15, 0.2) is 5.78 Å². The molecule has 0 aliphatic rings. The van der Waals surface area contributed by atoms with E-state index >= 15 is 0 Å². The molecule has 2 heterocycles. The van der Waals surface area contributed by atoms with Gasteiger partial charge in [0.2, 0.25) is 0 Å². The number of ketones is 1. The first kappa shape index (κ1) is 14.9. The van der Waals surface area contributed by atoms with Crippen molar-refractivity contribution in [1.29, 1.82) is 0 Å². The van der Waals surface area contributed by atoms with E-state index in [-0.39, 0.29) is 16.9 Å². The maximum absolute atomic E-state index is 12.4. The summed E-state index contributed by atoms with van der Waals surface area (Å²) in [6, 6.07) is 11.3. The van der Waals surface area contributed by atoms with Crippen LogP contribution in [0.15, 0.2) is 53.5 Å². The Bertz CT molecular complexity index is 967. The highest BCUT2D eigenvalue weighted by molar-refractivity contribution is 6.09. The third kappa shape index (κ3) is 2.97. The van der Waals surface area contributed by atoms with Gasteiger partial charge in [-0.2, -0.15) is 0 Å². The van der Waals surface area contributed by atoms with E-state index in [0.717, 1.165) is 11.1 Å². The molecule has 0 radical (unpaired) electrons. The summed E-state index contributed by atoms with van der Waals surface area (Å²) in [6.45, 7) is 3.75. The number of rotatable bonds is 3. The van der Waals surface area contributed by atoms with Crippen LogP contribution in [0.1, 0.15) is 27.0 Å². The van der Waals surface area contributed by atoms with E-state index in [1.54, 1.807) is 31.3 Å². The van der Waals surface area contributed by atoms with Gasteiger partial charge in [-0.05, 0) is 43.2 Å². The summed E-state index contributed by atoms with van der Waals surface area (Å²) >= 11 is 0. The quantitative estimate of drug-likeness (QED) is 0.595. The van der Waals surface area contributed by atoms with E-state index in [9.17, 15) is 9.59 Å². The van der Waals surface area contributed by atoms with Crippen LogP contribution in [0.2, 0.25) is 0 Å². The Hall–Kier alpha value is -3.01. The van der Waals surface area contributed by atoms with Crippen LogP contribution in [-0.2, 0) is 0 Å². The molecule has 0 saturated carbocycles. The normalized spacial score (nSPS) is 11.2. The number of nitrogens with one attached hydrogen (secondary N) is 1. The number of aryl methyl sites for hydroxylation is 2. The van der Waals surface area contributed by atoms with E-state index in [4.69, 9.17) is 0 Å². The Labute approximate surface area is 133 Å². The van der Waals surface area contributed by atoms with Crippen LogP contribution >= 0.6 is 0 Å². The van der Waals surface area contributed by atoms with E-state index in [1.165, 1.54) is 6.08 Å². The zero-order valence-electron chi connectivity index (χ0n) is 13.0. The van der Waals surface area contributed by atoms with Crippen molar-refractivity contribution in [2.75, 3.05) is 0 Å². The summed E-state index contributed by atoms with van der Waals surface area (Å²) in [5.74, 6) is -0.322. The highest BCUT2D eigenvalue weighted by Gasteiger charge is 2.15. The molecule has 0 atom stereocenters. The van der Waals surface area contributed by atoms with E-state index in [0.29, 0.717) is 16.6 Å². The summed E-state index contributed by atoms with van der Waals surface area (Å²) in [7, 11) is 0. The number of aromatic nitrogens is 2. The number of benzene rings is 1.